The van der Waals surface area contributed by atoms with Crippen LogP contribution < -0.4 is 14.8 Å². The Morgan fingerprint density at radius 3 is 2.37 bits per heavy atom. The fourth-order valence-electron chi connectivity index (χ4n) is 2.70. The molecule has 0 aliphatic carbocycles. The van der Waals surface area contributed by atoms with E-state index in [1.54, 1.807) is 24.1 Å². The molecule has 1 atom stereocenters. The Morgan fingerprint density at radius 1 is 1.07 bits per heavy atom. The second kappa shape index (κ2) is 8.40. The second-order valence-corrected chi connectivity index (χ2v) is 6.04. The smallest absolute Gasteiger partial charge is 0.272 e. The van der Waals surface area contributed by atoms with Gasteiger partial charge in [-0.1, -0.05) is 12.1 Å². The van der Waals surface area contributed by atoms with Crippen molar-refractivity contribution in [3.63, 3.8) is 0 Å². The van der Waals surface area contributed by atoms with E-state index in [-0.39, 0.29) is 11.9 Å². The van der Waals surface area contributed by atoms with E-state index in [4.69, 9.17) is 9.47 Å². The van der Waals surface area contributed by atoms with Gasteiger partial charge in [-0.15, -0.1) is 0 Å². The van der Waals surface area contributed by atoms with Gasteiger partial charge >= 0.3 is 0 Å². The van der Waals surface area contributed by atoms with Crippen molar-refractivity contribution in [2.75, 3.05) is 13.7 Å². The van der Waals surface area contributed by atoms with Gasteiger partial charge in [-0.3, -0.25) is 4.79 Å². The molecule has 3 aromatic rings. The third-order valence-corrected chi connectivity index (χ3v) is 4.20. The highest BCUT2D eigenvalue weighted by Gasteiger charge is 2.14. The van der Waals surface area contributed by atoms with Gasteiger partial charge in [-0.05, 0) is 61.9 Å². The van der Waals surface area contributed by atoms with E-state index in [0.717, 1.165) is 22.7 Å². The first-order chi connectivity index (χ1) is 13.1. The molecule has 1 amide bonds. The number of methoxy groups -OCH3 is 1. The molecule has 0 saturated carbocycles. The van der Waals surface area contributed by atoms with Crippen LogP contribution in [0.1, 0.15) is 35.9 Å². The van der Waals surface area contributed by atoms with E-state index in [1.165, 1.54) is 0 Å². The number of rotatable bonds is 7. The Bertz CT molecular complexity index is 886. The molecule has 1 unspecified atom stereocenters. The van der Waals surface area contributed by atoms with Crippen molar-refractivity contribution in [3.05, 3.63) is 72.1 Å². The summed E-state index contributed by atoms with van der Waals surface area (Å²) < 4.78 is 12.3. The Kier molecular flexibility index (Phi) is 5.76. The quantitative estimate of drug-likeness (QED) is 0.692. The number of benzene rings is 2. The van der Waals surface area contributed by atoms with Crippen LogP contribution in [0, 0.1) is 0 Å². The zero-order valence-electron chi connectivity index (χ0n) is 15.7. The van der Waals surface area contributed by atoms with Crippen molar-refractivity contribution >= 4 is 5.91 Å². The average Bonchev–Trinajstić information content (AvgIpc) is 3.19. The fraction of sp³-hybridized carbons (Fsp3) is 0.238. The van der Waals surface area contributed by atoms with Gasteiger partial charge in [0.05, 0.1) is 25.4 Å². The summed E-state index contributed by atoms with van der Waals surface area (Å²) in [7, 11) is 1.62. The van der Waals surface area contributed by atoms with Crippen LogP contribution in [0.5, 0.6) is 11.5 Å². The van der Waals surface area contributed by atoms with Crippen LogP contribution in [-0.2, 0) is 0 Å². The van der Waals surface area contributed by atoms with E-state index in [1.807, 2.05) is 62.4 Å². The molecule has 27 heavy (non-hydrogen) atoms. The number of hydrogen-bond donors (Lipinski definition) is 1. The first kappa shape index (κ1) is 18.5. The molecule has 0 aliphatic rings. The Hall–Kier alpha value is -3.28. The molecule has 1 aromatic heterocycles. The number of nitrogens with zero attached hydrogens (tertiary/aromatic N) is 2. The van der Waals surface area contributed by atoms with E-state index in [9.17, 15) is 4.79 Å². The first-order valence-corrected chi connectivity index (χ1v) is 8.84. The number of ether oxygens (including phenoxy) is 2. The molecule has 1 heterocycles. The van der Waals surface area contributed by atoms with Crippen molar-refractivity contribution in [1.82, 2.24) is 15.1 Å². The molecule has 6 nitrogen and oxygen atoms in total. The van der Waals surface area contributed by atoms with Crippen LogP contribution >= 0.6 is 0 Å². The molecular weight excluding hydrogens is 342 g/mol. The SMILES string of the molecule is CCOc1ccc(C(C)NC(=O)c2ccn(-c3ccc(OC)cc3)n2)cc1. The minimum Gasteiger partial charge on any atom is -0.497 e. The van der Waals surface area contributed by atoms with Crippen molar-refractivity contribution < 1.29 is 14.3 Å². The van der Waals surface area contributed by atoms with E-state index < -0.39 is 0 Å². The van der Waals surface area contributed by atoms with Crippen LogP contribution in [0.25, 0.3) is 5.69 Å². The van der Waals surface area contributed by atoms with Crippen LogP contribution in [0.15, 0.2) is 60.8 Å². The molecule has 1 N–H and O–H groups in total. The number of hydrogen-bond acceptors (Lipinski definition) is 4. The monoisotopic (exact) mass is 365 g/mol. The molecule has 0 spiro atoms. The number of carbonyl (C=O) groups excluding carboxylic acids is 1. The summed E-state index contributed by atoms with van der Waals surface area (Å²) in [5.41, 5.74) is 2.22. The van der Waals surface area contributed by atoms with E-state index in [0.29, 0.717) is 12.3 Å². The van der Waals surface area contributed by atoms with Crippen LogP contribution in [0.4, 0.5) is 0 Å². The highest BCUT2D eigenvalue weighted by Crippen LogP contribution is 2.18. The predicted molar refractivity (Wildman–Crippen MR) is 104 cm³/mol. The van der Waals surface area contributed by atoms with Gasteiger partial charge in [0.15, 0.2) is 5.69 Å². The topological polar surface area (TPSA) is 65.4 Å². The molecule has 0 bridgehead atoms. The highest BCUT2D eigenvalue weighted by atomic mass is 16.5. The van der Waals surface area contributed by atoms with Gasteiger partial charge < -0.3 is 14.8 Å². The zero-order valence-corrected chi connectivity index (χ0v) is 15.7. The maximum Gasteiger partial charge on any atom is 0.272 e. The average molecular weight is 365 g/mol. The maximum absolute atomic E-state index is 12.5. The van der Waals surface area contributed by atoms with Crippen molar-refractivity contribution in [3.8, 4) is 17.2 Å². The lowest BCUT2D eigenvalue weighted by molar-refractivity contribution is 0.0934. The summed E-state index contributed by atoms with van der Waals surface area (Å²) in [6.45, 7) is 4.51. The molecule has 0 fully saturated rings. The minimum absolute atomic E-state index is 0.140. The van der Waals surface area contributed by atoms with Gasteiger partial charge in [0.2, 0.25) is 0 Å². The summed E-state index contributed by atoms with van der Waals surface area (Å²) >= 11 is 0. The lowest BCUT2D eigenvalue weighted by Gasteiger charge is -2.14. The normalized spacial score (nSPS) is 11.7. The Balaban J connectivity index is 1.66. The zero-order chi connectivity index (χ0) is 19.2. The minimum atomic E-state index is -0.219. The van der Waals surface area contributed by atoms with Crippen LogP contribution in [0.3, 0.4) is 0 Å². The molecule has 3 rings (SSSR count). The van der Waals surface area contributed by atoms with E-state index in [2.05, 4.69) is 10.4 Å². The molecule has 0 radical (unpaired) electrons. The third-order valence-electron chi connectivity index (χ3n) is 4.20. The lowest BCUT2D eigenvalue weighted by Crippen LogP contribution is -2.27. The summed E-state index contributed by atoms with van der Waals surface area (Å²) in [4.78, 5) is 12.5. The summed E-state index contributed by atoms with van der Waals surface area (Å²) in [6, 6.07) is 16.7. The fourth-order valence-corrected chi connectivity index (χ4v) is 2.70. The molecular formula is C21H23N3O3. The first-order valence-electron chi connectivity index (χ1n) is 8.84. The summed E-state index contributed by atoms with van der Waals surface area (Å²) in [5.74, 6) is 1.37. The Labute approximate surface area is 158 Å². The summed E-state index contributed by atoms with van der Waals surface area (Å²) in [6.07, 6.45) is 1.76. The lowest BCUT2D eigenvalue weighted by atomic mass is 10.1. The molecule has 0 aliphatic heterocycles. The van der Waals surface area contributed by atoms with Crippen molar-refractivity contribution in [2.24, 2.45) is 0 Å². The van der Waals surface area contributed by atoms with Crippen LogP contribution in [-0.4, -0.2) is 29.4 Å². The van der Waals surface area contributed by atoms with Crippen molar-refractivity contribution in [1.29, 1.82) is 0 Å². The van der Waals surface area contributed by atoms with Crippen molar-refractivity contribution in [2.45, 2.75) is 19.9 Å². The standard InChI is InChI=1S/C21H23N3O3/c1-4-27-19-9-5-16(6-10-19)15(2)22-21(25)20-13-14-24(23-20)17-7-11-18(26-3)12-8-17/h5-15H,4H2,1-3H3,(H,22,25). The number of nitrogens with one attached hydrogen (secondary N) is 1. The number of amides is 1. The van der Waals surface area contributed by atoms with Gasteiger partial charge in [0.25, 0.3) is 5.91 Å². The number of aromatic nitrogens is 2. The van der Waals surface area contributed by atoms with Gasteiger partial charge in [-0.2, -0.15) is 5.10 Å². The Morgan fingerprint density at radius 2 is 1.74 bits per heavy atom. The highest BCUT2D eigenvalue weighted by molar-refractivity contribution is 5.92. The summed E-state index contributed by atoms with van der Waals surface area (Å²) in [5, 5.41) is 7.34. The van der Waals surface area contributed by atoms with Gasteiger partial charge in [-0.25, -0.2) is 4.68 Å². The maximum atomic E-state index is 12.5. The van der Waals surface area contributed by atoms with Gasteiger partial charge in [0.1, 0.15) is 11.5 Å². The number of carbonyl (C=O) groups is 1. The van der Waals surface area contributed by atoms with E-state index >= 15 is 0 Å². The predicted octanol–water partition coefficient (Wildman–Crippen LogP) is 3.77. The molecule has 2 aromatic carbocycles. The molecule has 6 heteroatoms. The third kappa shape index (κ3) is 4.47. The van der Waals surface area contributed by atoms with Gasteiger partial charge in [0, 0.05) is 6.20 Å². The second-order valence-electron chi connectivity index (χ2n) is 6.04. The van der Waals surface area contributed by atoms with Crippen LogP contribution in [0.2, 0.25) is 0 Å². The largest absolute Gasteiger partial charge is 0.497 e. The molecule has 140 valence electrons. The molecule has 0 saturated heterocycles.